The van der Waals surface area contributed by atoms with Crippen LogP contribution in [0, 0.1) is 5.82 Å². The summed E-state index contributed by atoms with van der Waals surface area (Å²) < 4.78 is 18.2. The van der Waals surface area contributed by atoms with Crippen molar-refractivity contribution >= 4 is 5.97 Å². The lowest BCUT2D eigenvalue weighted by atomic mass is 9.75. The number of halogens is 1. The van der Waals surface area contributed by atoms with E-state index in [1.807, 2.05) is 0 Å². The topological polar surface area (TPSA) is 46.5 Å². The molecular weight excluding hydrogens is 223 g/mol. The fourth-order valence-corrected chi connectivity index (χ4v) is 1.99. The maximum absolute atomic E-state index is 13.4. The van der Waals surface area contributed by atoms with Crippen molar-refractivity contribution in [3.63, 3.8) is 0 Å². The fourth-order valence-electron chi connectivity index (χ4n) is 1.99. The standard InChI is InChI=1S/C13H15FO3/c1-2-17-12(15)9-6-10(8-11(14)7-9)13(16)4-3-5-13/h6-8,16H,2-5H2,1H3. The van der Waals surface area contributed by atoms with Gasteiger partial charge in [0.1, 0.15) is 5.82 Å². The Morgan fingerprint density at radius 3 is 2.71 bits per heavy atom. The molecule has 0 heterocycles. The Balaban J connectivity index is 2.32. The molecule has 1 aliphatic rings. The van der Waals surface area contributed by atoms with Crippen LogP contribution in [0.25, 0.3) is 0 Å². The second-order valence-corrected chi connectivity index (χ2v) is 4.33. The first-order chi connectivity index (χ1) is 8.05. The number of rotatable bonds is 3. The molecule has 4 heteroatoms. The van der Waals surface area contributed by atoms with Crippen LogP contribution >= 0.6 is 0 Å². The zero-order valence-electron chi connectivity index (χ0n) is 9.70. The number of benzene rings is 1. The quantitative estimate of drug-likeness (QED) is 0.822. The van der Waals surface area contributed by atoms with Gasteiger partial charge < -0.3 is 9.84 Å². The van der Waals surface area contributed by atoms with E-state index >= 15 is 0 Å². The SMILES string of the molecule is CCOC(=O)c1cc(F)cc(C2(O)CCC2)c1. The molecule has 1 aliphatic carbocycles. The van der Waals surface area contributed by atoms with E-state index in [1.54, 1.807) is 6.92 Å². The van der Waals surface area contributed by atoms with Crippen LogP contribution in [0.4, 0.5) is 4.39 Å². The summed E-state index contributed by atoms with van der Waals surface area (Å²) in [5.74, 6) is -1.08. The predicted molar refractivity (Wildman–Crippen MR) is 60.1 cm³/mol. The molecule has 0 radical (unpaired) electrons. The Hall–Kier alpha value is -1.42. The van der Waals surface area contributed by atoms with E-state index in [2.05, 4.69) is 0 Å². The van der Waals surface area contributed by atoms with Gasteiger partial charge in [-0.25, -0.2) is 9.18 Å². The van der Waals surface area contributed by atoms with Crippen LogP contribution in [0.15, 0.2) is 18.2 Å². The summed E-state index contributed by atoms with van der Waals surface area (Å²) in [6, 6.07) is 3.92. The van der Waals surface area contributed by atoms with E-state index in [1.165, 1.54) is 12.1 Å². The summed E-state index contributed by atoms with van der Waals surface area (Å²) in [5.41, 5.74) is -0.349. The molecule has 92 valence electrons. The molecule has 0 aromatic heterocycles. The summed E-state index contributed by atoms with van der Waals surface area (Å²) in [5, 5.41) is 10.1. The minimum atomic E-state index is -0.969. The minimum absolute atomic E-state index is 0.155. The summed E-state index contributed by atoms with van der Waals surface area (Å²) >= 11 is 0. The van der Waals surface area contributed by atoms with E-state index in [9.17, 15) is 14.3 Å². The molecule has 3 nitrogen and oxygen atoms in total. The predicted octanol–water partition coefficient (Wildman–Crippen LogP) is 2.37. The smallest absolute Gasteiger partial charge is 0.338 e. The molecule has 1 N–H and O–H groups in total. The van der Waals surface area contributed by atoms with Crippen molar-refractivity contribution in [3.05, 3.63) is 35.1 Å². The van der Waals surface area contributed by atoms with Crippen LogP contribution in [0.1, 0.15) is 42.1 Å². The van der Waals surface area contributed by atoms with Crippen LogP contribution < -0.4 is 0 Å². The van der Waals surface area contributed by atoms with Gasteiger partial charge in [0.2, 0.25) is 0 Å². The largest absolute Gasteiger partial charge is 0.462 e. The second-order valence-electron chi connectivity index (χ2n) is 4.33. The lowest BCUT2D eigenvalue weighted by molar-refractivity contribution is -0.0390. The molecule has 0 amide bonds. The summed E-state index contributed by atoms with van der Waals surface area (Å²) in [6.45, 7) is 1.94. The van der Waals surface area contributed by atoms with Crippen molar-refractivity contribution in [1.82, 2.24) is 0 Å². The van der Waals surface area contributed by atoms with Gasteiger partial charge >= 0.3 is 5.97 Å². The molecule has 0 atom stereocenters. The first-order valence-electron chi connectivity index (χ1n) is 5.76. The Bertz CT molecular complexity index is 438. The Morgan fingerprint density at radius 2 is 2.18 bits per heavy atom. The molecule has 2 rings (SSSR count). The first kappa shape index (κ1) is 12.0. The summed E-state index contributed by atoms with van der Waals surface area (Å²) in [4.78, 5) is 11.5. The summed E-state index contributed by atoms with van der Waals surface area (Å²) in [7, 11) is 0. The number of esters is 1. The van der Waals surface area contributed by atoms with Crippen molar-refractivity contribution in [3.8, 4) is 0 Å². The fraction of sp³-hybridized carbons (Fsp3) is 0.462. The van der Waals surface area contributed by atoms with Gasteiger partial charge in [0.05, 0.1) is 17.8 Å². The molecule has 0 aliphatic heterocycles. The Morgan fingerprint density at radius 1 is 1.47 bits per heavy atom. The van der Waals surface area contributed by atoms with Crippen molar-refractivity contribution in [1.29, 1.82) is 0 Å². The van der Waals surface area contributed by atoms with Crippen molar-refractivity contribution in [2.45, 2.75) is 31.8 Å². The van der Waals surface area contributed by atoms with E-state index in [4.69, 9.17) is 4.74 Å². The molecule has 0 spiro atoms. The van der Waals surface area contributed by atoms with Gasteiger partial charge in [-0.05, 0) is 49.9 Å². The Kier molecular flexibility index (Phi) is 3.15. The molecule has 1 aromatic rings. The van der Waals surface area contributed by atoms with Gasteiger partial charge in [-0.2, -0.15) is 0 Å². The van der Waals surface area contributed by atoms with Gasteiger partial charge in [0.15, 0.2) is 0 Å². The van der Waals surface area contributed by atoms with Gasteiger partial charge in [-0.15, -0.1) is 0 Å². The maximum Gasteiger partial charge on any atom is 0.338 e. The lowest BCUT2D eigenvalue weighted by Crippen LogP contribution is -2.33. The van der Waals surface area contributed by atoms with E-state index < -0.39 is 17.4 Å². The molecule has 0 unspecified atom stereocenters. The van der Waals surface area contributed by atoms with E-state index in [0.29, 0.717) is 18.4 Å². The monoisotopic (exact) mass is 238 g/mol. The third kappa shape index (κ3) is 2.31. The van der Waals surface area contributed by atoms with Crippen LogP contribution in [0.5, 0.6) is 0 Å². The molecule has 0 bridgehead atoms. The van der Waals surface area contributed by atoms with Crippen LogP contribution in [-0.4, -0.2) is 17.7 Å². The van der Waals surface area contributed by atoms with Gasteiger partial charge in [-0.3, -0.25) is 0 Å². The number of hydrogen-bond acceptors (Lipinski definition) is 3. The molecule has 1 saturated carbocycles. The number of ether oxygens (including phenoxy) is 1. The summed E-state index contributed by atoms with van der Waals surface area (Å²) in [6.07, 6.45) is 2.14. The number of hydrogen-bond donors (Lipinski definition) is 1. The number of carbonyl (C=O) groups excluding carboxylic acids is 1. The maximum atomic E-state index is 13.4. The first-order valence-corrected chi connectivity index (χ1v) is 5.76. The van der Waals surface area contributed by atoms with E-state index in [0.717, 1.165) is 12.5 Å². The van der Waals surface area contributed by atoms with Crippen LogP contribution in [0.2, 0.25) is 0 Å². The zero-order valence-corrected chi connectivity index (χ0v) is 9.70. The van der Waals surface area contributed by atoms with Crippen molar-refractivity contribution in [2.24, 2.45) is 0 Å². The van der Waals surface area contributed by atoms with Crippen LogP contribution in [-0.2, 0) is 10.3 Å². The highest BCUT2D eigenvalue weighted by atomic mass is 19.1. The average molecular weight is 238 g/mol. The molecule has 0 saturated heterocycles. The van der Waals surface area contributed by atoms with Crippen LogP contribution in [0.3, 0.4) is 0 Å². The van der Waals surface area contributed by atoms with Gasteiger partial charge in [-0.1, -0.05) is 0 Å². The number of carbonyl (C=O) groups is 1. The van der Waals surface area contributed by atoms with Gasteiger partial charge in [0, 0.05) is 0 Å². The average Bonchev–Trinajstić information content (AvgIpc) is 2.25. The van der Waals surface area contributed by atoms with Crippen molar-refractivity contribution < 1.29 is 19.0 Å². The third-order valence-electron chi connectivity index (χ3n) is 3.13. The van der Waals surface area contributed by atoms with Crippen molar-refractivity contribution in [2.75, 3.05) is 6.61 Å². The zero-order chi connectivity index (χ0) is 12.5. The Labute approximate surface area is 99.2 Å². The van der Waals surface area contributed by atoms with Gasteiger partial charge in [0.25, 0.3) is 0 Å². The molecule has 1 fully saturated rings. The lowest BCUT2D eigenvalue weighted by Gasteiger charge is -2.37. The molecule has 17 heavy (non-hydrogen) atoms. The molecular formula is C13H15FO3. The molecule has 1 aromatic carbocycles. The highest BCUT2D eigenvalue weighted by molar-refractivity contribution is 5.89. The minimum Gasteiger partial charge on any atom is -0.462 e. The number of aliphatic hydroxyl groups is 1. The third-order valence-corrected chi connectivity index (χ3v) is 3.13. The highest BCUT2D eigenvalue weighted by Gasteiger charge is 2.37. The highest BCUT2D eigenvalue weighted by Crippen LogP contribution is 2.41. The van der Waals surface area contributed by atoms with E-state index in [-0.39, 0.29) is 12.2 Å². The normalized spacial score (nSPS) is 17.4. The second kappa shape index (κ2) is 4.45.